The molecule has 2 aromatic rings. The van der Waals surface area contributed by atoms with Crippen molar-refractivity contribution in [2.24, 2.45) is 0 Å². The first kappa shape index (κ1) is 19.1. The molecule has 0 aromatic heterocycles. The standard InChI is InChI=1S/C22H27NO4/c1-25-20-14-18(15-21(16-20)26-2)7-6-17-8-10-19(11-9-17)27-22(24)23-12-4-3-5-13-23/h8-11,14-16H,3-7,12-13H2,1-2H3. The van der Waals surface area contributed by atoms with Gasteiger partial charge in [0.15, 0.2) is 0 Å². The molecule has 1 fully saturated rings. The van der Waals surface area contributed by atoms with E-state index in [4.69, 9.17) is 14.2 Å². The molecule has 27 heavy (non-hydrogen) atoms. The number of aryl methyl sites for hydroxylation is 2. The van der Waals surface area contributed by atoms with Crippen molar-refractivity contribution in [3.63, 3.8) is 0 Å². The van der Waals surface area contributed by atoms with Crippen LogP contribution in [-0.4, -0.2) is 38.3 Å². The molecule has 144 valence electrons. The van der Waals surface area contributed by atoms with Gasteiger partial charge in [0, 0.05) is 19.2 Å². The van der Waals surface area contributed by atoms with Gasteiger partial charge in [-0.3, -0.25) is 0 Å². The normalized spacial score (nSPS) is 13.9. The molecule has 0 N–H and O–H groups in total. The fourth-order valence-corrected chi connectivity index (χ4v) is 3.27. The lowest BCUT2D eigenvalue weighted by Crippen LogP contribution is -2.37. The van der Waals surface area contributed by atoms with Gasteiger partial charge in [-0.1, -0.05) is 12.1 Å². The van der Waals surface area contributed by atoms with Crippen LogP contribution in [0.25, 0.3) is 0 Å². The van der Waals surface area contributed by atoms with Gasteiger partial charge in [-0.25, -0.2) is 4.79 Å². The van der Waals surface area contributed by atoms with Gasteiger partial charge in [0.1, 0.15) is 17.2 Å². The van der Waals surface area contributed by atoms with Gasteiger partial charge in [0.25, 0.3) is 0 Å². The Morgan fingerprint density at radius 2 is 1.41 bits per heavy atom. The predicted octanol–water partition coefficient (Wildman–Crippen LogP) is 4.47. The Kier molecular flexibility index (Phi) is 6.58. The SMILES string of the molecule is COc1cc(CCc2ccc(OC(=O)N3CCCCC3)cc2)cc(OC)c1. The number of nitrogens with zero attached hydrogens (tertiary/aromatic N) is 1. The Hall–Kier alpha value is -2.69. The van der Waals surface area contributed by atoms with E-state index in [0.29, 0.717) is 5.75 Å². The summed E-state index contributed by atoms with van der Waals surface area (Å²) in [6.07, 6.45) is 4.83. The average Bonchev–Trinajstić information content (AvgIpc) is 2.73. The van der Waals surface area contributed by atoms with Gasteiger partial charge in [-0.05, 0) is 67.5 Å². The Bertz CT molecular complexity index is 729. The van der Waals surface area contributed by atoms with Crippen molar-refractivity contribution in [3.05, 3.63) is 53.6 Å². The maximum Gasteiger partial charge on any atom is 0.415 e. The lowest BCUT2D eigenvalue weighted by molar-refractivity contribution is 0.142. The number of hydrogen-bond acceptors (Lipinski definition) is 4. The number of rotatable bonds is 6. The Balaban J connectivity index is 1.55. The third-order valence-electron chi connectivity index (χ3n) is 4.86. The van der Waals surface area contributed by atoms with Crippen LogP contribution in [0.4, 0.5) is 4.79 Å². The van der Waals surface area contributed by atoms with Crippen molar-refractivity contribution < 1.29 is 19.0 Å². The molecular weight excluding hydrogens is 342 g/mol. The second-order valence-corrected chi connectivity index (χ2v) is 6.78. The number of likely N-dealkylation sites (tertiary alicyclic amines) is 1. The van der Waals surface area contributed by atoms with Crippen LogP contribution in [0.3, 0.4) is 0 Å². The summed E-state index contributed by atoms with van der Waals surface area (Å²) in [6.45, 7) is 1.59. The summed E-state index contributed by atoms with van der Waals surface area (Å²) in [7, 11) is 3.31. The van der Waals surface area contributed by atoms with E-state index in [1.54, 1.807) is 19.1 Å². The van der Waals surface area contributed by atoms with Crippen molar-refractivity contribution in [2.45, 2.75) is 32.1 Å². The van der Waals surface area contributed by atoms with Crippen molar-refractivity contribution >= 4 is 6.09 Å². The van der Waals surface area contributed by atoms with Gasteiger partial charge >= 0.3 is 6.09 Å². The molecule has 0 bridgehead atoms. The molecule has 1 aliphatic rings. The van der Waals surface area contributed by atoms with E-state index in [1.165, 1.54) is 12.0 Å². The Morgan fingerprint density at radius 1 is 0.815 bits per heavy atom. The summed E-state index contributed by atoms with van der Waals surface area (Å²) in [4.78, 5) is 13.9. The predicted molar refractivity (Wildman–Crippen MR) is 105 cm³/mol. The van der Waals surface area contributed by atoms with E-state index in [1.807, 2.05) is 42.5 Å². The zero-order valence-corrected chi connectivity index (χ0v) is 16.1. The molecule has 0 atom stereocenters. The molecule has 0 saturated carbocycles. The minimum atomic E-state index is -0.245. The molecule has 5 heteroatoms. The van der Waals surface area contributed by atoms with Crippen molar-refractivity contribution in [1.29, 1.82) is 0 Å². The van der Waals surface area contributed by atoms with Crippen LogP contribution in [0, 0.1) is 0 Å². The van der Waals surface area contributed by atoms with Crippen molar-refractivity contribution in [3.8, 4) is 17.2 Å². The fourth-order valence-electron chi connectivity index (χ4n) is 3.27. The van der Waals surface area contributed by atoms with Crippen LogP contribution in [0.5, 0.6) is 17.2 Å². The summed E-state index contributed by atoms with van der Waals surface area (Å²) in [5.41, 5.74) is 2.35. The topological polar surface area (TPSA) is 48.0 Å². The highest BCUT2D eigenvalue weighted by atomic mass is 16.6. The smallest absolute Gasteiger partial charge is 0.415 e. The highest BCUT2D eigenvalue weighted by Crippen LogP contribution is 2.24. The largest absolute Gasteiger partial charge is 0.497 e. The number of carbonyl (C=O) groups excluding carboxylic acids is 1. The van der Waals surface area contributed by atoms with E-state index < -0.39 is 0 Å². The number of amides is 1. The van der Waals surface area contributed by atoms with Gasteiger partial charge in [0.2, 0.25) is 0 Å². The number of carbonyl (C=O) groups is 1. The van der Waals surface area contributed by atoms with E-state index in [0.717, 1.165) is 55.8 Å². The second-order valence-electron chi connectivity index (χ2n) is 6.78. The molecule has 5 nitrogen and oxygen atoms in total. The summed E-state index contributed by atoms with van der Waals surface area (Å²) in [6, 6.07) is 13.7. The third kappa shape index (κ3) is 5.39. The van der Waals surface area contributed by atoms with Crippen molar-refractivity contribution in [1.82, 2.24) is 4.90 Å². The van der Waals surface area contributed by atoms with Gasteiger partial charge < -0.3 is 19.1 Å². The van der Waals surface area contributed by atoms with E-state index >= 15 is 0 Å². The first-order chi connectivity index (χ1) is 13.2. The summed E-state index contributed by atoms with van der Waals surface area (Å²) >= 11 is 0. The van der Waals surface area contributed by atoms with Crippen LogP contribution in [0.2, 0.25) is 0 Å². The molecule has 0 unspecified atom stereocenters. The molecule has 1 heterocycles. The number of methoxy groups -OCH3 is 2. The third-order valence-corrected chi connectivity index (χ3v) is 4.86. The monoisotopic (exact) mass is 369 g/mol. The molecule has 2 aromatic carbocycles. The quantitative estimate of drug-likeness (QED) is 0.754. The number of hydrogen-bond donors (Lipinski definition) is 0. The zero-order chi connectivity index (χ0) is 19.1. The minimum absolute atomic E-state index is 0.245. The number of benzene rings is 2. The first-order valence-electron chi connectivity index (χ1n) is 9.45. The number of piperidine rings is 1. The summed E-state index contributed by atoms with van der Waals surface area (Å²) in [5.74, 6) is 2.19. The summed E-state index contributed by atoms with van der Waals surface area (Å²) < 4.78 is 16.1. The molecule has 0 spiro atoms. The Labute approximate surface area is 160 Å². The number of ether oxygens (including phenoxy) is 3. The van der Waals surface area contributed by atoms with E-state index in [9.17, 15) is 4.79 Å². The van der Waals surface area contributed by atoms with E-state index in [2.05, 4.69) is 0 Å². The molecule has 1 amide bonds. The maximum atomic E-state index is 12.2. The molecule has 1 aliphatic heterocycles. The van der Waals surface area contributed by atoms with Gasteiger partial charge in [-0.15, -0.1) is 0 Å². The molecule has 1 saturated heterocycles. The zero-order valence-electron chi connectivity index (χ0n) is 16.1. The van der Waals surface area contributed by atoms with Crippen molar-refractivity contribution in [2.75, 3.05) is 27.3 Å². The van der Waals surface area contributed by atoms with Crippen LogP contribution < -0.4 is 14.2 Å². The summed E-state index contributed by atoms with van der Waals surface area (Å²) in [5, 5.41) is 0. The fraction of sp³-hybridized carbons (Fsp3) is 0.409. The average molecular weight is 369 g/mol. The van der Waals surface area contributed by atoms with Gasteiger partial charge in [-0.2, -0.15) is 0 Å². The molecule has 0 aliphatic carbocycles. The maximum absolute atomic E-state index is 12.2. The Morgan fingerprint density at radius 3 is 2.00 bits per heavy atom. The van der Waals surface area contributed by atoms with Crippen LogP contribution >= 0.6 is 0 Å². The lowest BCUT2D eigenvalue weighted by atomic mass is 10.0. The lowest BCUT2D eigenvalue weighted by Gasteiger charge is -2.25. The molecule has 3 rings (SSSR count). The van der Waals surface area contributed by atoms with Crippen LogP contribution in [0.1, 0.15) is 30.4 Å². The second kappa shape index (κ2) is 9.31. The highest BCUT2D eigenvalue weighted by Gasteiger charge is 2.18. The minimum Gasteiger partial charge on any atom is -0.497 e. The molecule has 0 radical (unpaired) electrons. The molecular formula is C22H27NO4. The van der Waals surface area contributed by atoms with E-state index in [-0.39, 0.29) is 6.09 Å². The van der Waals surface area contributed by atoms with Crippen LogP contribution in [-0.2, 0) is 12.8 Å². The van der Waals surface area contributed by atoms with Crippen LogP contribution in [0.15, 0.2) is 42.5 Å². The highest BCUT2D eigenvalue weighted by molar-refractivity contribution is 5.70. The first-order valence-corrected chi connectivity index (χ1v) is 9.45. The van der Waals surface area contributed by atoms with Gasteiger partial charge in [0.05, 0.1) is 14.2 Å².